The van der Waals surface area contributed by atoms with E-state index >= 15 is 0 Å². The van der Waals surface area contributed by atoms with Crippen LogP contribution >= 0.6 is 0 Å². The largest absolute Gasteiger partial charge is 0.311 e. The summed E-state index contributed by atoms with van der Waals surface area (Å²) in [7, 11) is -3.49. The molecule has 0 bridgehead atoms. The molecule has 1 aliphatic rings. The van der Waals surface area contributed by atoms with Crippen LogP contribution in [0.3, 0.4) is 0 Å². The Labute approximate surface area is 336 Å². The highest BCUT2D eigenvalue weighted by Gasteiger charge is 2.45. The van der Waals surface area contributed by atoms with E-state index in [0.717, 1.165) is 67.5 Å². The van der Waals surface area contributed by atoms with Crippen LogP contribution in [0.15, 0.2) is 192 Å². The zero-order valence-electron chi connectivity index (χ0n) is 32.5. The van der Waals surface area contributed by atoms with Crippen molar-refractivity contribution in [3.05, 3.63) is 204 Å². The average molecular weight is 760 g/mol. The van der Waals surface area contributed by atoms with Gasteiger partial charge >= 0.3 is 0 Å². The Kier molecular flexibility index (Phi) is 9.20. The summed E-state index contributed by atoms with van der Waals surface area (Å²) in [5.74, 6) is 0. The smallest absolute Gasteiger partial charge is 0.282 e. The minimum atomic E-state index is -3.49. The molecular formula is C52H43N2O2S+. The maximum absolute atomic E-state index is 14.4. The van der Waals surface area contributed by atoms with E-state index < -0.39 is 10.2 Å². The maximum atomic E-state index is 14.4. The molecule has 0 aromatic heterocycles. The van der Waals surface area contributed by atoms with Crippen molar-refractivity contribution in [2.24, 2.45) is 0 Å². The Morgan fingerprint density at radius 1 is 0.333 bits per heavy atom. The lowest BCUT2D eigenvalue weighted by atomic mass is 9.98. The topological polar surface area (TPSA) is 43.8 Å². The van der Waals surface area contributed by atoms with Crippen molar-refractivity contribution in [2.45, 2.75) is 37.5 Å². The van der Waals surface area contributed by atoms with Gasteiger partial charge in [-0.25, -0.2) is 0 Å². The molecule has 57 heavy (non-hydrogen) atoms. The molecule has 8 aromatic carbocycles. The SMILES string of the molecule is Cc1ccc(N(c2ccc(C)cc2)c2ccc(-c3ccc4c(c3)[S+](=O)(O)c3cc(-c5ccc(N(c6ccc(C)cc6)c6ccc(C)cc6)cc5)ccc3-4)cc2)cc1. The molecular weight excluding hydrogens is 717 g/mol. The van der Waals surface area contributed by atoms with Gasteiger partial charge in [0.2, 0.25) is 9.79 Å². The number of hydrogen-bond donors (Lipinski definition) is 1. The first-order chi connectivity index (χ1) is 27.6. The highest BCUT2D eigenvalue weighted by molar-refractivity contribution is 7.98. The molecule has 1 heterocycles. The molecule has 0 atom stereocenters. The summed E-state index contributed by atoms with van der Waals surface area (Å²) < 4.78 is 26.1. The Hall–Kier alpha value is -6.53. The number of rotatable bonds is 8. The van der Waals surface area contributed by atoms with Crippen molar-refractivity contribution in [3.8, 4) is 33.4 Å². The van der Waals surface area contributed by atoms with Gasteiger partial charge in [0.05, 0.1) is 0 Å². The molecule has 1 aliphatic heterocycles. The van der Waals surface area contributed by atoms with E-state index in [0.29, 0.717) is 9.79 Å². The second-order valence-corrected chi connectivity index (χ2v) is 17.0. The maximum Gasteiger partial charge on any atom is 0.282 e. The van der Waals surface area contributed by atoms with Gasteiger partial charge in [-0.05, 0) is 135 Å². The van der Waals surface area contributed by atoms with Crippen LogP contribution in [0.5, 0.6) is 0 Å². The molecule has 9 rings (SSSR count). The zero-order valence-corrected chi connectivity index (χ0v) is 33.3. The van der Waals surface area contributed by atoms with Crippen LogP contribution in [0.1, 0.15) is 22.3 Å². The summed E-state index contributed by atoms with van der Waals surface area (Å²) in [5, 5.41) is 0. The lowest BCUT2D eigenvalue weighted by Gasteiger charge is -2.26. The number of benzene rings is 8. The first kappa shape index (κ1) is 36.1. The third-order valence-corrected chi connectivity index (χ3v) is 12.8. The lowest BCUT2D eigenvalue weighted by molar-refractivity contribution is 0.500. The van der Waals surface area contributed by atoms with Gasteiger partial charge in [0, 0.05) is 57.4 Å². The van der Waals surface area contributed by atoms with Crippen molar-refractivity contribution in [1.29, 1.82) is 0 Å². The molecule has 278 valence electrons. The van der Waals surface area contributed by atoms with Gasteiger partial charge in [0.1, 0.15) is 0 Å². The van der Waals surface area contributed by atoms with Crippen molar-refractivity contribution in [3.63, 3.8) is 0 Å². The Bertz CT molecular complexity index is 2490. The van der Waals surface area contributed by atoms with Gasteiger partial charge in [-0.2, -0.15) is 4.55 Å². The van der Waals surface area contributed by atoms with Gasteiger partial charge in [-0.3, -0.25) is 0 Å². The summed E-state index contributed by atoms with van der Waals surface area (Å²) in [6.45, 7) is 8.39. The fourth-order valence-electron chi connectivity index (χ4n) is 7.70. The fraction of sp³-hybridized carbons (Fsp3) is 0.0769. The van der Waals surface area contributed by atoms with Crippen molar-refractivity contribution < 1.29 is 8.76 Å². The standard InChI is InChI=1S/C52H42N2O2S/c1-35-5-19-43(20-6-35)53(44-21-7-36(2)8-22-44)47-27-13-39(14-28-47)41-17-31-49-50-32-18-42(34-52(50)57(55,56)51(49)33-41)40-15-29-48(30-16-40)54(45-23-9-37(3)10-24-45)46-25-11-38(4)12-26-46/h5-34H,1-4H3/p+1. The van der Waals surface area contributed by atoms with Crippen LogP contribution in [-0.4, -0.2) is 4.55 Å². The van der Waals surface area contributed by atoms with Crippen LogP contribution < -0.4 is 9.80 Å². The summed E-state index contributed by atoms with van der Waals surface area (Å²) in [6, 6.07) is 62.9. The molecule has 0 radical (unpaired) electrons. The fourth-order valence-corrected chi connectivity index (χ4v) is 9.46. The Morgan fingerprint density at radius 3 is 0.825 bits per heavy atom. The van der Waals surface area contributed by atoms with Crippen LogP contribution in [-0.2, 0) is 14.4 Å². The third kappa shape index (κ3) is 6.86. The van der Waals surface area contributed by atoms with E-state index in [1.165, 1.54) is 22.3 Å². The molecule has 0 fully saturated rings. The second kappa shape index (κ2) is 14.5. The van der Waals surface area contributed by atoms with E-state index in [1.54, 1.807) is 0 Å². The number of hydrogen-bond acceptors (Lipinski definition) is 3. The molecule has 0 saturated heterocycles. The first-order valence-corrected chi connectivity index (χ1v) is 20.8. The molecule has 1 N–H and O–H groups in total. The van der Waals surface area contributed by atoms with Gasteiger partial charge in [0.15, 0.2) is 0 Å². The average Bonchev–Trinajstić information content (AvgIpc) is 3.46. The molecule has 4 nitrogen and oxygen atoms in total. The molecule has 0 spiro atoms. The van der Waals surface area contributed by atoms with Gasteiger partial charge in [-0.1, -0.05) is 111 Å². The second-order valence-electron chi connectivity index (χ2n) is 15.1. The third-order valence-electron chi connectivity index (χ3n) is 10.9. The molecule has 5 heteroatoms. The Morgan fingerprint density at radius 2 is 0.561 bits per heavy atom. The number of anilines is 6. The van der Waals surface area contributed by atoms with Gasteiger partial charge in [0.25, 0.3) is 10.2 Å². The van der Waals surface area contributed by atoms with Gasteiger partial charge < -0.3 is 9.80 Å². The molecule has 0 saturated carbocycles. The molecule has 0 unspecified atom stereocenters. The number of fused-ring (bicyclic) bond motifs is 3. The normalized spacial score (nSPS) is 12.5. The van der Waals surface area contributed by atoms with E-state index in [1.807, 2.05) is 24.3 Å². The quantitative estimate of drug-likeness (QED) is 0.157. The summed E-state index contributed by atoms with van der Waals surface area (Å²) >= 11 is 0. The van der Waals surface area contributed by atoms with E-state index in [9.17, 15) is 8.76 Å². The predicted molar refractivity (Wildman–Crippen MR) is 238 cm³/mol. The van der Waals surface area contributed by atoms with Gasteiger partial charge in [-0.15, -0.1) is 0 Å². The van der Waals surface area contributed by atoms with Crippen LogP contribution in [0, 0.1) is 27.7 Å². The molecule has 0 aliphatic carbocycles. The minimum Gasteiger partial charge on any atom is -0.311 e. The van der Waals surface area contributed by atoms with Crippen molar-refractivity contribution >= 4 is 44.3 Å². The summed E-state index contributed by atoms with van der Waals surface area (Å²) in [4.78, 5) is 5.41. The van der Waals surface area contributed by atoms with E-state index in [2.05, 4.69) is 195 Å². The van der Waals surface area contributed by atoms with Crippen LogP contribution in [0.2, 0.25) is 0 Å². The van der Waals surface area contributed by atoms with E-state index in [4.69, 9.17) is 0 Å². The van der Waals surface area contributed by atoms with Crippen LogP contribution in [0.25, 0.3) is 33.4 Å². The Balaban J connectivity index is 1.00. The van der Waals surface area contributed by atoms with Crippen molar-refractivity contribution in [2.75, 3.05) is 9.80 Å². The minimum absolute atomic E-state index is 0.458. The number of nitrogens with zero attached hydrogens (tertiary/aromatic N) is 2. The predicted octanol–water partition coefficient (Wildman–Crippen LogP) is 14.6. The molecule has 8 aromatic rings. The van der Waals surface area contributed by atoms with Crippen LogP contribution in [0.4, 0.5) is 34.1 Å². The summed E-state index contributed by atoms with van der Waals surface area (Å²) in [5.41, 5.74) is 16.6. The zero-order chi connectivity index (χ0) is 39.3. The first-order valence-electron chi connectivity index (χ1n) is 19.3. The highest BCUT2D eigenvalue weighted by Crippen LogP contribution is 2.49. The highest BCUT2D eigenvalue weighted by atomic mass is 32.3. The number of aryl methyl sites for hydroxylation is 4. The van der Waals surface area contributed by atoms with Crippen molar-refractivity contribution in [1.82, 2.24) is 0 Å². The lowest BCUT2D eigenvalue weighted by Crippen LogP contribution is -2.10. The summed E-state index contributed by atoms with van der Waals surface area (Å²) in [6.07, 6.45) is 0. The molecule has 0 amide bonds. The van der Waals surface area contributed by atoms with E-state index in [-0.39, 0.29) is 0 Å². The monoisotopic (exact) mass is 759 g/mol.